The predicted molar refractivity (Wildman–Crippen MR) is 120 cm³/mol. The minimum absolute atomic E-state index is 0.0763. The highest BCUT2D eigenvalue weighted by molar-refractivity contribution is 7.25. The molecule has 8 nitrogen and oxygen atoms in total. The molecule has 3 aromatic heterocycles. The Bertz CT molecular complexity index is 1180. The number of likely N-dealkylation sites (N-methyl/N-ethyl adjacent to an activating group) is 1. The van der Waals surface area contributed by atoms with Crippen molar-refractivity contribution < 1.29 is 4.74 Å². The van der Waals surface area contributed by atoms with Crippen LogP contribution in [0.3, 0.4) is 0 Å². The molecule has 0 spiro atoms. The minimum Gasteiger partial charge on any atom is -0.370 e. The standard InChI is InChI=1S/C21H28N6O2S/c1-21(2)11-13-14(12-29-21)18(26-7-5-6-8-26)22-19-15(13)16-17(30-19)20(28)27(24-23-16)10-9-25(3)4/h5-12H2,1-4H3. The first kappa shape index (κ1) is 19.8. The van der Waals surface area contributed by atoms with Crippen LogP contribution >= 0.6 is 11.3 Å². The minimum atomic E-state index is -0.258. The maximum atomic E-state index is 13.1. The molecule has 0 amide bonds. The fraction of sp³-hybridized carbons (Fsp3) is 0.619. The number of pyridine rings is 1. The van der Waals surface area contributed by atoms with Gasteiger partial charge in [-0.15, -0.1) is 16.4 Å². The molecular formula is C21H28N6O2S. The number of ether oxygens (including phenoxy) is 1. The molecule has 0 aromatic carbocycles. The average molecular weight is 429 g/mol. The molecule has 0 atom stereocenters. The summed E-state index contributed by atoms with van der Waals surface area (Å²) in [6.07, 6.45) is 3.16. The SMILES string of the molecule is CN(C)CCn1nnc2c(sc3nc(N4CCCC4)c4c(c32)CC(C)(C)OC4)c1=O. The Kier molecular flexibility index (Phi) is 4.79. The lowest BCUT2D eigenvalue weighted by atomic mass is 9.90. The lowest BCUT2D eigenvalue weighted by molar-refractivity contribution is -0.0395. The van der Waals surface area contributed by atoms with Crippen molar-refractivity contribution in [2.75, 3.05) is 38.6 Å². The summed E-state index contributed by atoms with van der Waals surface area (Å²) in [6, 6.07) is 0. The largest absolute Gasteiger partial charge is 0.370 e. The second kappa shape index (κ2) is 7.25. The fourth-order valence-corrected chi connectivity index (χ4v) is 5.51. The van der Waals surface area contributed by atoms with E-state index in [0.29, 0.717) is 23.4 Å². The number of nitrogens with zero attached hydrogens (tertiary/aromatic N) is 6. The molecule has 3 aromatic rings. The van der Waals surface area contributed by atoms with Crippen LogP contribution in [0.1, 0.15) is 37.8 Å². The summed E-state index contributed by atoms with van der Waals surface area (Å²) in [5, 5.41) is 9.75. The maximum Gasteiger partial charge on any atom is 0.287 e. The van der Waals surface area contributed by atoms with Gasteiger partial charge in [0.1, 0.15) is 20.9 Å². The summed E-state index contributed by atoms with van der Waals surface area (Å²) < 4.78 is 8.28. The highest BCUT2D eigenvalue weighted by Crippen LogP contribution is 2.42. The number of rotatable bonds is 4. The van der Waals surface area contributed by atoms with E-state index in [0.717, 1.165) is 47.7 Å². The van der Waals surface area contributed by atoms with Gasteiger partial charge in [-0.1, -0.05) is 5.21 Å². The van der Waals surface area contributed by atoms with Crippen molar-refractivity contribution in [3.63, 3.8) is 0 Å². The van der Waals surface area contributed by atoms with Gasteiger partial charge in [0.15, 0.2) is 0 Å². The van der Waals surface area contributed by atoms with Crippen LogP contribution in [0.15, 0.2) is 4.79 Å². The summed E-state index contributed by atoms with van der Waals surface area (Å²) in [6.45, 7) is 8.09. The predicted octanol–water partition coefficient (Wildman–Crippen LogP) is 2.41. The van der Waals surface area contributed by atoms with Gasteiger partial charge in [0, 0.05) is 37.0 Å². The molecule has 5 rings (SSSR count). The highest BCUT2D eigenvalue weighted by Gasteiger charge is 2.33. The van der Waals surface area contributed by atoms with Crippen LogP contribution in [0.4, 0.5) is 5.82 Å². The Labute approximate surface area is 179 Å². The Morgan fingerprint density at radius 2 is 1.97 bits per heavy atom. The lowest BCUT2D eigenvalue weighted by Gasteiger charge is -2.34. The van der Waals surface area contributed by atoms with Crippen molar-refractivity contribution in [2.45, 2.75) is 51.9 Å². The van der Waals surface area contributed by atoms with Gasteiger partial charge < -0.3 is 14.5 Å². The number of hydrogen-bond donors (Lipinski definition) is 0. The van der Waals surface area contributed by atoms with Crippen molar-refractivity contribution in [3.05, 3.63) is 21.5 Å². The van der Waals surface area contributed by atoms with E-state index in [-0.39, 0.29) is 11.2 Å². The van der Waals surface area contributed by atoms with Gasteiger partial charge >= 0.3 is 0 Å². The van der Waals surface area contributed by atoms with E-state index in [2.05, 4.69) is 29.1 Å². The van der Waals surface area contributed by atoms with Crippen LogP contribution in [0.25, 0.3) is 20.4 Å². The molecule has 0 bridgehead atoms. The number of anilines is 1. The molecule has 0 radical (unpaired) electrons. The number of thiophene rings is 1. The third kappa shape index (κ3) is 3.29. The van der Waals surface area contributed by atoms with E-state index in [1.54, 1.807) is 0 Å². The number of hydrogen-bond acceptors (Lipinski definition) is 8. The summed E-state index contributed by atoms with van der Waals surface area (Å²) in [5.41, 5.74) is 2.74. The van der Waals surface area contributed by atoms with Crippen LogP contribution in [0.5, 0.6) is 0 Å². The summed E-state index contributed by atoms with van der Waals surface area (Å²) in [5.74, 6) is 1.03. The third-order valence-corrected chi connectivity index (χ3v) is 7.12. The van der Waals surface area contributed by atoms with Gasteiger partial charge in [-0.25, -0.2) is 9.67 Å². The van der Waals surface area contributed by atoms with Crippen molar-refractivity contribution in [1.82, 2.24) is 24.9 Å². The van der Waals surface area contributed by atoms with Crippen molar-refractivity contribution in [3.8, 4) is 0 Å². The van der Waals surface area contributed by atoms with Gasteiger partial charge in [0.25, 0.3) is 5.56 Å². The zero-order chi connectivity index (χ0) is 21.0. The Morgan fingerprint density at radius 3 is 2.70 bits per heavy atom. The monoisotopic (exact) mass is 428 g/mol. The van der Waals surface area contributed by atoms with Crippen LogP contribution < -0.4 is 10.5 Å². The first-order valence-electron chi connectivity index (χ1n) is 10.6. The second-order valence-electron chi connectivity index (χ2n) is 9.19. The number of fused-ring (bicyclic) bond motifs is 5. The quantitative estimate of drug-likeness (QED) is 0.632. The van der Waals surface area contributed by atoms with Crippen molar-refractivity contribution >= 4 is 37.6 Å². The molecule has 2 aliphatic heterocycles. The molecule has 0 N–H and O–H groups in total. The smallest absolute Gasteiger partial charge is 0.287 e. The van der Waals surface area contributed by atoms with Crippen LogP contribution in [-0.2, 0) is 24.3 Å². The van der Waals surface area contributed by atoms with Crippen molar-refractivity contribution in [2.24, 2.45) is 0 Å². The molecule has 1 saturated heterocycles. The molecule has 2 aliphatic rings. The zero-order valence-electron chi connectivity index (χ0n) is 18.1. The van der Waals surface area contributed by atoms with E-state index < -0.39 is 0 Å². The first-order valence-corrected chi connectivity index (χ1v) is 11.4. The van der Waals surface area contributed by atoms with E-state index in [4.69, 9.17) is 9.72 Å². The van der Waals surface area contributed by atoms with Crippen LogP contribution in [0, 0.1) is 0 Å². The Balaban J connectivity index is 1.74. The molecule has 5 heterocycles. The normalized spacial score (nSPS) is 18.6. The van der Waals surface area contributed by atoms with E-state index in [1.807, 2.05) is 19.0 Å². The van der Waals surface area contributed by atoms with Crippen molar-refractivity contribution in [1.29, 1.82) is 0 Å². The van der Waals surface area contributed by atoms with E-state index >= 15 is 0 Å². The van der Waals surface area contributed by atoms with Gasteiger partial charge in [-0.3, -0.25) is 4.79 Å². The third-order valence-electron chi connectivity index (χ3n) is 6.06. The molecule has 1 fully saturated rings. The van der Waals surface area contributed by atoms with Crippen LogP contribution in [-0.4, -0.2) is 64.2 Å². The summed E-state index contributed by atoms with van der Waals surface area (Å²) in [4.78, 5) is 23.5. The highest BCUT2D eigenvalue weighted by atomic mass is 32.1. The first-order chi connectivity index (χ1) is 14.3. The molecule has 9 heteroatoms. The topological polar surface area (TPSA) is 76.4 Å². The summed E-state index contributed by atoms with van der Waals surface area (Å²) in [7, 11) is 3.96. The molecule has 0 saturated carbocycles. The van der Waals surface area contributed by atoms with Gasteiger partial charge in [0.05, 0.1) is 18.8 Å². The molecular weight excluding hydrogens is 400 g/mol. The van der Waals surface area contributed by atoms with E-state index in [9.17, 15) is 4.79 Å². The lowest BCUT2D eigenvalue weighted by Crippen LogP contribution is -2.34. The summed E-state index contributed by atoms with van der Waals surface area (Å²) >= 11 is 1.45. The Hall–Kier alpha value is -2.10. The van der Waals surface area contributed by atoms with E-state index in [1.165, 1.54) is 34.4 Å². The molecule has 160 valence electrons. The molecule has 30 heavy (non-hydrogen) atoms. The molecule has 0 aliphatic carbocycles. The van der Waals surface area contributed by atoms with Crippen LogP contribution in [0.2, 0.25) is 0 Å². The zero-order valence-corrected chi connectivity index (χ0v) is 18.9. The number of aromatic nitrogens is 4. The fourth-order valence-electron chi connectivity index (χ4n) is 4.43. The molecule has 0 unspecified atom stereocenters. The average Bonchev–Trinajstić information content (AvgIpc) is 3.34. The Morgan fingerprint density at radius 1 is 1.20 bits per heavy atom. The van der Waals surface area contributed by atoms with Gasteiger partial charge in [0.2, 0.25) is 0 Å². The van der Waals surface area contributed by atoms with Gasteiger partial charge in [-0.05, 0) is 46.3 Å². The maximum absolute atomic E-state index is 13.1. The second-order valence-corrected chi connectivity index (χ2v) is 10.2. The van der Waals surface area contributed by atoms with Gasteiger partial charge in [-0.2, -0.15) is 0 Å².